The molecule has 0 aromatic rings. The SMILES string of the molecule is CCCCCNC(=O)[C@H]1[C@H](C(=O)O)[C@H]2C=C[C@H]1O2. The normalized spacial score (nSPS) is 32.7. The van der Waals surface area contributed by atoms with Gasteiger partial charge in [-0.15, -0.1) is 0 Å². The fourth-order valence-corrected chi connectivity index (χ4v) is 2.62. The Morgan fingerprint density at radius 1 is 1.22 bits per heavy atom. The minimum atomic E-state index is -0.958. The summed E-state index contributed by atoms with van der Waals surface area (Å²) in [5.41, 5.74) is 0. The van der Waals surface area contributed by atoms with Crippen molar-refractivity contribution < 1.29 is 19.4 Å². The highest BCUT2D eigenvalue weighted by molar-refractivity contribution is 5.87. The van der Waals surface area contributed by atoms with Crippen LogP contribution in [0.15, 0.2) is 12.2 Å². The first-order valence-electron chi connectivity index (χ1n) is 6.49. The third-order valence-corrected chi connectivity index (χ3v) is 3.57. The molecule has 1 amide bonds. The number of carboxylic acids is 1. The maximum atomic E-state index is 12.0. The van der Waals surface area contributed by atoms with Crippen LogP contribution in [0.25, 0.3) is 0 Å². The van der Waals surface area contributed by atoms with E-state index in [2.05, 4.69) is 12.2 Å². The van der Waals surface area contributed by atoms with Crippen molar-refractivity contribution in [2.45, 2.75) is 38.4 Å². The van der Waals surface area contributed by atoms with E-state index in [-0.39, 0.29) is 12.0 Å². The van der Waals surface area contributed by atoms with Crippen molar-refractivity contribution in [2.75, 3.05) is 6.54 Å². The highest BCUT2D eigenvalue weighted by atomic mass is 16.5. The van der Waals surface area contributed by atoms with E-state index in [0.29, 0.717) is 6.54 Å². The first-order chi connectivity index (χ1) is 8.65. The molecule has 5 heteroatoms. The quantitative estimate of drug-likeness (QED) is 0.546. The van der Waals surface area contributed by atoms with Crippen LogP contribution in [0.1, 0.15) is 26.2 Å². The number of carbonyl (C=O) groups excluding carboxylic acids is 1. The van der Waals surface area contributed by atoms with Crippen molar-refractivity contribution >= 4 is 11.9 Å². The van der Waals surface area contributed by atoms with Crippen LogP contribution in [0.4, 0.5) is 0 Å². The van der Waals surface area contributed by atoms with Crippen molar-refractivity contribution in [3.8, 4) is 0 Å². The first-order valence-corrected chi connectivity index (χ1v) is 6.49. The van der Waals surface area contributed by atoms with Gasteiger partial charge in [0.05, 0.1) is 18.1 Å². The molecule has 0 radical (unpaired) electrons. The Labute approximate surface area is 106 Å². The van der Waals surface area contributed by atoms with Gasteiger partial charge in [-0.25, -0.2) is 0 Å². The monoisotopic (exact) mass is 253 g/mol. The summed E-state index contributed by atoms with van der Waals surface area (Å²) in [7, 11) is 0. The van der Waals surface area contributed by atoms with Gasteiger partial charge in [-0.1, -0.05) is 31.9 Å². The zero-order valence-electron chi connectivity index (χ0n) is 10.5. The molecule has 2 rings (SSSR count). The zero-order valence-corrected chi connectivity index (χ0v) is 10.5. The maximum absolute atomic E-state index is 12.0. The lowest BCUT2D eigenvalue weighted by Crippen LogP contribution is -2.42. The molecule has 2 aliphatic heterocycles. The molecule has 1 fully saturated rings. The standard InChI is InChI=1S/C13H19NO4/c1-2-3-4-7-14-12(15)10-8-5-6-9(18-8)11(10)13(16)17/h5-6,8-11H,2-4,7H2,1H3,(H,14,15)(H,16,17)/t8-,9-,10-,11-/m1/s1. The molecular weight excluding hydrogens is 234 g/mol. The summed E-state index contributed by atoms with van der Waals surface area (Å²) in [6.07, 6.45) is 5.80. The summed E-state index contributed by atoms with van der Waals surface area (Å²) in [6.45, 7) is 2.70. The van der Waals surface area contributed by atoms with Crippen molar-refractivity contribution in [1.82, 2.24) is 5.32 Å². The number of carboxylic acid groups (broad SMARTS) is 1. The van der Waals surface area contributed by atoms with Gasteiger partial charge in [0.25, 0.3) is 0 Å². The van der Waals surface area contributed by atoms with Gasteiger partial charge >= 0.3 is 5.97 Å². The number of hydrogen-bond acceptors (Lipinski definition) is 3. The Kier molecular flexibility index (Phi) is 4.01. The van der Waals surface area contributed by atoms with Crippen LogP contribution in [-0.2, 0) is 14.3 Å². The summed E-state index contributed by atoms with van der Waals surface area (Å²) in [5.74, 6) is -2.48. The molecule has 0 unspecified atom stereocenters. The lowest BCUT2D eigenvalue weighted by Gasteiger charge is -2.20. The average Bonchev–Trinajstić information content (AvgIpc) is 2.94. The van der Waals surface area contributed by atoms with Crippen molar-refractivity contribution in [2.24, 2.45) is 11.8 Å². The van der Waals surface area contributed by atoms with Gasteiger partial charge in [0.1, 0.15) is 5.92 Å². The fraction of sp³-hybridized carbons (Fsp3) is 0.692. The Balaban J connectivity index is 1.92. The third-order valence-electron chi connectivity index (χ3n) is 3.57. The lowest BCUT2D eigenvalue weighted by atomic mass is 9.82. The molecular formula is C13H19NO4. The zero-order chi connectivity index (χ0) is 13.1. The highest BCUT2D eigenvalue weighted by Crippen LogP contribution is 2.39. The second kappa shape index (κ2) is 5.52. The van der Waals surface area contributed by atoms with Crippen LogP contribution in [0.2, 0.25) is 0 Å². The summed E-state index contributed by atoms with van der Waals surface area (Å²) < 4.78 is 5.45. The Hall–Kier alpha value is -1.36. The van der Waals surface area contributed by atoms with E-state index in [4.69, 9.17) is 4.74 Å². The van der Waals surface area contributed by atoms with E-state index in [0.717, 1.165) is 19.3 Å². The minimum absolute atomic E-state index is 0.199. The lowest BCUT2D eigenvalue weighted by molar-refractivity contribution is -0.146. The predicted molar refractivity (Wildman–Crippen MR) is 65.0 cm³/mol. The fourth-order valence-electron chi connectivity index (χ4n) is 2.62. The number of rotatable bonds is 6. The van der Waals surface area contributed by atoms with Gasteiger partial charge < -0.3 is 15.2 Å². The average molecular weight is 253 g/mol. The summed E-state index contributed by atoms with van der Waals surface area (Å²) >= 11 is 0. The van der Waals surface area contributed by atoms with Gasteiger partial charge in [0.15, 0.2) is 0 Å². The van der Waals surface area contributed by atoms with Crippen LogP contribution in [0.5, 0.6) is 0 Å². The number of ether oxygens (including phenoxy) is 1. The van der Waals surface area contributed by atoms with Crippen molar-refractivity contribution in [3.63, 3.8) is 0 Å². The molecule has 0 saturated carbocycles. The highest BCUT2D eigenvalue weighted by Gasteiger charge is 2.52. The molecule has 0 aromatic carbocycles. The topological polar surface area (TPSA) is 75.6 Å². The number of aliphatic carboxylic acids is 1. The molecule has 2 aliphatic rings. The molecule has 2 heterocycles. The first kappa shape index (κ1) is 13.1. The third kappa shape index (κ3) is 2.41. The van der Waals surface area contributed by atoms with Gasteiger partial charge in [0.2, 0.25) is 5.91 Å². The molecule has 5 nitrogen and oxygen atoms in total. The van der Waals surface area contributed by atoms with E-state index >= 15 is 0 Å². The second-order valence-electron chi connectivity index (χ2n) is 4.84. The number of unbranched alkanes of at least 4 members (excludes halogenated alkanes) is 2. The van der Waals surface area contributed by atoms with Crippen LogP contribution < -0.4 is 5.32 Å². The van der Waals surface area contributed by atoms with Crippen LogP contribution in [-0.4, -0.2) is 35.7 Å². The summed E-state index contributed by atoms with van der Waals surface area (Å²) in [6, 6.07) is 0. The predicted octanol–water partition coefficient (Wildman–Crippen LogP) is 0.947. The van der Waals surface area contributed by atoms with E-state index < -0.39 is 23.9 Å². The molecule has 1 saturated heterocycles. The van der Waals surface area contributed by atoms with Crippen LogP contribution in [0.3, 0.4) is 0 Å². The molecule has 0 aliphatic carbocycles. The van der Waals surface area contributed by atoms with Gasteiger partial charge in [-0.05, 0) is 6.42 Å². The molecule has 2 bridgehead atoms. The summed E-state index contributed by atoms with van der Waals surface area (Å²) in [5, 5.41) is 12.0. The summed E-state index contributed by atoms with van der Waals surface area (Å²) in [4.78, 5) is 23.2. The van der Waals surface area contributed by atoms with Crippen molar-refractivity contribution in [1.29, 1.82) is 0 Å². The van der Waals surface area contributed by atoms with E-state index in [1.54, 1.807) is 12.2 Å². The molecule has 0 aromatic heterocycles. The smallest absolute Gasteiger partial charge is 0.310 e. The van der Waals surface area contributed by atoms with Crippen molar-refractivity contribution in [3.05, 3.63) is 12.2 Å². The maximum Gasteiger partial charge on any atom is 0.310 e. The minimum Gasteiger partial charge on any atom is -0.481 e. The Bertz CT molecular complexity index is 366. The number of fused-ring (bicyclic) bond motifs is 2. The van der Waals surface area contributed by atoms with Gasteiger partial charge in [0, 0.05) is 6.54 Å². The second-order valence-corrected chi connectivity index (χ2v) is 4.84. The number of carbonyl (C=O) groups is 2. The Morgan fingerprint density at radius 3 is 2.50 bits per heavy atom. The van der Waals surface area contributed by atoms with Crippen LogP contribution in [0, 0.1) is 11.8 Å². The van der Waals surface area contributed by atoms with Gasteiger partial charge in [-0.3, -0.25) is 9.59 Å². The van der Waals surface area contributed by atoms with Gasteiger partial charge in [-0.2, -0.15) is 0 Å². The van der Waals surface area contributed by atoms with E-state index in [1.165, 1.54) is 0 Å². The number of hydrogen-bond donors (Lipinski definition) is 2. The number of amides is 1. The molecule has 100 valence electrons. The number of nitrogens with one attached hydrogen (secondary N) is 1. The van der Waals surface area contributed by atoms with E-state index in [1.807, 2.05) is 0 Å². The molecule has 0 spiro atoms. The Morgan fingerprint density at radius 2 is 1.89 bits per heavy atom. The molecule has 4 atom stereocenters. The van der Waals surface area contributed by atoms with Crippen LogP contribution >= 0.6 is 0 Å². The van der Waals surface area contributed by atoms with E-state index in [9.17, 15) is 14.7 Å². The molecule has 18 heavy (non-hydrogen) atoms. The largest absolute Gasteiger partial charge is 0.481 e. The molecule has 2 N–H and O–H groups in total.